The summed E-state index contributed by atoms with van der Waals surface area (Å²) in [6, 6.07) is 5.85. The third-order valence-corrected chi connectivity index (χ3v) is 2.65. The van der Waals surface area contributed by atoms with Crippen molar-refractivity contribution in [2.24, 2.45) is 0 Å². The number of aryl methyl sites for hydroxylation is 1. The van der Waals surface area contributed by atoms with Gasteiger partial charge in [0.2, 0.25) is 0 Å². The number of hydrogen-bond donors (Lipinski definition) is 1. The van der Waals surface area contributed by atoms with Crippen molar-refractivity contribution < 1.29 is 4.42 Å². The number of furan rings is 1. The van der Waals surface area contributed by atoms with Gasteiger partial charge in [-0.2, -0.15) is 0 Å². The van der Waals surface area contributed by atoms with Crippen LogP contribution in [-0.4, -0.2) is 16.5 Å². The molecule has 0 aliphatic heterocycles. The predicted octanol–water partition coefficient (Wildman–Crippen LogP) is 3.16. The summed E-state index contributed by atoms with van der Waals surface area (Å²) in [6.07, 6.45) is 2.55. The predicted molar refractivity (Wildman–Crippen MR) is 71.8 cm³/mol. The van der Waals surface area contributed by atoms with E-state index < -0.39 is 0 Å². The molecule has 0 bridgehead atoms. The van der Waals surface area contributed by atoms with Gasteiger partial charge in [0.1, 0.15) is 17.4 Å². The number of anilines is 1. The molecule has 0 spiro atoms. The summed E-state index contributed by atoms with van der Waals surface area (Å²) in [5.74, 6) is 3.10. The lowest BCUT2D eigenvalue weighted by molar-refractivity contribution is 0.513. The highest BCUT2D eigenvalue weighted by atomic mass is 16.3. The molecule has 0 aliphatic rings. The van der Waals surface area contributed by atoms with Crippen LogP contribution in [0, 0.1) is 6.92 Å². The van der Waals surface area contributed by atoms with Crippen molar-refractivity contribution in [1.29, 1.82) is 0 Å². The average molecular weight is 245 g/mol. The van der Waals surface area contributed by atoms with Gasteiger partial charge in [0.15, 0.2) is 0 Å². The molecule has 4 heteroatoms. The van der Waals surface area contributed by atoms with Gasteiger partial charge < -0.3 is 9.73 Å². The second kappa shape index (κ2) is 5.67. The molecule has 4 nitrogen and oxygen atoms in total. The van der Waals surface area contributed by atoms with Crippen molar-refractivity contribution in [3.63, 3.8) is 0 Å². The first-order valence-corrected chi connectivity index (χ1v) is 6.27. The molecule has 96 valence electrons. The van der Waals surface area contributed by atoms with Gasteiger partial charge in [-0.25, -0.2) is 9.97 Å². The molecule has 2 heterocycles. The van der Waals surface area contributed by atoms with Crippen LogP contribution in [0.5, 0.6) is 0 Å². The molecule has 2 aromatic heterocycles. The van der Waals surface area contributed by atoms with Crippen LogP contribution in [0.1, 0.15) is 37.0 Å². The molecule has 0 unspecified atom stereocenters. The minimum Gasteiger partial charge on any atom is -0.469 e. The van der Waals surface area contributed by atoms with Crippen molar-refractivity contribution in [3.05, 3.63) is 41.7 Å². The van der Waals surface area contributed by atoms with Crippen LogP contribution in [0.15, 0.2) is 28.9 Å². The molecule has 0 amide bonds. The minimum atomic E-state index is 0.343. The van der Waals surface area contributed by atoms with E-state index in [0.717, 1.165) is 36.1 Å². The molecule has 0 saturated carbocycles. The van der Waals surface area contributed by atoms with E-state index in [9.17, 15) is 0 Å². The molecule has 2 aromatic rings. The molecule has 1 N–H and O–H groups in total. The van der Waals surface area contributed by atoms with Crippen molar-refractivity contribution >= 4 is 5.82 Å². The van der Waals surface area contributed by atoms with Crippen LogP contribution in [-0.2, 0) is 6.42 Å². The van der Waals surface area contributed by atoms with Crippen LogP contribution >= 0.6 is 0 Å². The largest absolute Gasteiger partial charge is 0.469 e. The van der Waals surface area contributed by atoms with E-state index in [1.54, 1.807) is 6.26 Å². The zero-order chi connectivity index (χ0) is 13.0. The molecular formula is C14H19N3O. The zero-order valence-corrected chi connectivity index (χ0v) is 11.1. The summed E-state index contributed by atoms with van der Waals surface area (Å²) in [4.78, 5) is 8.92. The summed E-state index contributed by atoms with van der Waals surface area (Å²) in [6.45, 7) is 7.00. The number of nitrogens with zero attached hydrogens (tertiary/aromatic N) is 2. The molecule has 0 saturated heterocycles. The Kier molecular flexibility index (Phi) is 3.97. The topological polar surface area (TPSA) is 51.0 Å². The summed E-state index contributed by atoms with van der Waals surface area (Å²) < 4.78 is 5.28. The minimum absolute atomic E-state index is 0.343. The van der Waals surface area contributed by atoms with E-state index in [0.29, 0.717) is 5.92 Å². The van der Waals surface area contributed by atoms with Gasteiger partial charge in [-0.3, -0.25) is 0 Å². The standard InChI is InChI=1S/C14H19N3O/c1-10(2)14-16-11(3)9-13(17-14)15-7-6-12-5-4-8-18-12/h4-5,8-10H,6-7H2,1-3H3,(H,15,16,17). The highest BCUT2D eigenvalue weighted by molar-refractivity contribution is 5.36. The van der Waals surface area contributed by atoms with Crippen LogP contribution in [0.4, 0.5) is 5.82 Å². The second-order valence-corrected chi connectivity index (χ2v) is 4.66. The van der Waals surface area contributed by atoms with Crippen molar-refractivity contribution in [2.45, 2.75) is 33.1 Å². The third kappa shape index (κ3) is 3.32. The van der Waals surface area contributed by atoms with Gasteiger partial charge >= 0.3 is 0 Å². The van der Waals surface area contributed by atoms with E-state index in [2.05, 4.69) is 29.1 Å². The van der Waals surface area contributed by atoms with E-state index in [-0.39, 0.29) is 0 Å². The van der Waals surface area contributed by atoms with Crippen LogP contribution in [0.25, 0.3) is 0 Å². The molecule has 0 radical (unpaired) electrons. The fraction of sp³-hybridized carbons (Fsp3) is 0.429. The first-order chi connectivity index (χ1) is 8.65. The Labute approximate surface area is 107 Å². The molecule has 2 rings (SSSR count). The molecule has 18 heavy (non-hydrogen) atoms. The maximum atomic E-state index is 5.28. The Hall–Kier alpha value is -1.84. The first kappa shape index (κ1) is 12.6. The first-order valence-electron chi connectivity index (χ1n) is 6.27. The van der Waals surface area contributed by atoms with Gasteiger partial charge in [0.05, 0.1) is 6.26 Å². The highest BCUT2D eigenvalue weighted by Gasteiger charge is 2.06. The molecular weight excluding hydrogens is 226 g/mol. The van der Waals surface area contributed by atoms with Crippen LogP contribution in [0.3, 0.4) is 0 Å². The van der Waals surface area contributed by atoms with Gasteiger partial charge in [-0.05, 0) is 19.1 Å². The van der Waals surface area contributed by atoms with Gasteiger partial charge in [0.25, 0.3) is 0 Å². The molecule has 0 aliphatic carbocycles. The number of aromatic nitrogens is 2. The van der Waals surface area contributed by atoms with E-state index in [1.807, 2.05) is 25.1 Å². The van der Waals surface area contributed by atoms with E-state index in [4.69, 9.17) is 4.42 Å². The lowest BCUT2D eigenvalue weighted by Gasteiger charge is -2.09. The zero-order valence-electron chi connectivity index (χ0n) is 11.1. The van der Waals surface area contributed by atoms with Crippen LogP contribution < -0.4 is 5.32 Å². The summed E-state index contributed by atoms with van der Waals surface area (Å²) in [5, 5.41) is 3.31. The lowest BCUT2D eigenvalue weighted by Crippen LogP contribution is -2.09. The van der Waals surface area contributed by atoms with Crippen molar-refractivity contribution in [1.82, 2.24) is 9.97 Å². The lowest BCUT2D eigenvalue weighted by atomic mass is 10.2. The third-order valence-electron chi connectivity index (χ3n) is 2.65. The smallest absolute Gasteiger partial charge is 0.133 e. The number of hydrogen-bond acceptors (Lipinski definition) is 4. The average Bonchev–Trinajstić information content (AvgIpc) is 2.81. The Morgan fingerprint density at radius 1 is 1.33 bits per heavy atom. The van der Waals surface area contributed by atoms with E-state index >= 15 is 0 Å². The maximum absolute atomic E-state index is 5.28. The van der Waals surface area contributed by atoms with Gasteiger partial charge in [-0.15, -0.1) is 0 Å². The van der Waals surface area contributed by atoms with Gasteiger partial charge in [0, 0.05) is 30.6 Å². The van der Waals surface area contributed by atoms with Crippen molar-refractivity contribution in [2.75, 3.05) is 11.9 Å². The fourth-order valence-electron chi connectivity index (χ4n) is 1.71. The second-order valence-electron chi connectivity index (χ2n) is 4.66. The summed E-state index contributed by atoms with van der Waals surface area (Å²) >= 11 is 0. The van der Waals surface area contributed by atoms with Crippen LogP contribution in [0.2, 0.25) is 0 Å². The molecule has 0 fully saturated rings. The Morgan fingerprint density at radius 2 is 2.17 bits per heavy atom. The SMILES string of the molecule is Cc1cc(NCCc2ccco2)nc(C(C)C)n1. The number of nitrogens with one attached hydrogen (secondary N) is 1. The highest BCUT2D eigenvalue weighted by Crippen LogP contribution is 2.13. The normalized spacial score (nSPS) is 10.9. The Morgan fingerprint density at radius 3 is 2.83 bits per heavy atom. The quantitative estimate of drug-likeness (QED) is 0.879. The van der Waals surface area contributed by atoms with Crippen molar-refractivity contribution in [3.8, 4) is 0 Å². The maximum Gasteiger partial charge on any atom is 0.133 e. The molecule has 0 aromatic carbocycles. The Bertz CT molecular complexity index is 492. The Balaban J connectivity index is 1.96. The summed E-state index contributed by atoms with van der Waals surface area (Å²) in [7, 11) is 0. The summed E-state index contributed by atoms with van der Waals surface area (Å²) in [5.41, 5.74) is 0.995. The monoisotopic (exact) mass is 245 g/mol. The van der Waals surface area contributed by atoms with Gasteiger partial charge in [-0.1, -0.05) is 13.8 Å². The molecule has 0 atom stereocenters. The number of rotatable bonds is 5. The fourth-order valence-corrected chi connectivity index (χ4v) is 1.71. The van der Waals surface area contributed by atoms with E-state index in [1.165, 1.54) is 0 Å².